The van der Waals surface area contributed by atoms with E-state index in [1.807, 2.05) is 0 Å². The van der Waals surface area contributed by atoms with E-state index in [2.05, 4.69) is 39.0 Å². The molecule has 0 saturated carbocycles. The first kappa shape index (κ1) is 11.6. The third kappa shape index (κ3) is 2.00. The zero-order valence-corrected chi connectivity index (χ0v) is 10.4. The Morgan fingerprint density at radius 3 is 2.50 bits per heavy atom. The quantitative estimate of drug-likeness (QED) is 0.846. The maximum atomic E-state index is 5.95. The molecule has 2 rings (SSSR count). The summed E-state index contributed by atoms with van der Waals surface area (Å²) in [5.41, 5.74) is 10.2. The molecule has 16 heavy (non-hydrogen) atoms. The van der Waals surface area contributed by atoms with Gasteiger partial charge in [-0.25, -0.2) is 0 Å². The van der Waals surface area contributed by atoms with Gasteiger partial charge >= 0.3 is 0 Å². The monoisotopic (exact) mass is 219 g/mol. The smallest absolute Gasteiger partial charge is 0.0586 e. The highest BCUT2D eigenvalue weighted by atomic mass is 16.5. The minimum absolute atomic E-state index is 0.173. The van der Waals surface area contributed by atoms with Gasteiger partial charge in [0, 0.05) is 11.5 Å². The van der Waals surface area contributed by atoms with Gasteiger partial charge in [-0.2, -0.15) is 0 Å². The maximum Gasteiger partial charge on any atom is 0.0586 e. The van der Waals surface area contributed by atoms with Crippen LogP contribution in [0.1, 0.15) is 30.0 Å². The maximum absolute atomic E-state index is 5.95. The largest absolute Gasteiger partial charge is 0.379 e. The summed E-state index contributed by atoms with van der Waals surface area (Å²) < 4.78 is 5.42. The molecule has 1 aliphatic heterocycles. The molecule has 2 heteroatoms. The van der Waals surface area contributed by atoms with E-state index in [1.54, 1.807) is 0 Å². The summed E-state index contributed by atoms with van der Waals surface area (Å²) in [5.74, 6) is 0. The molecule has 0 amide bonds. The molecule has 1 heterocycles. The first-order chi connectivity index (χ1) is 7.53. The second kappa shape index (κ2) is 4.19. The van der Waals surface area contributed by atoms with Crippen LogP contribution in [0.5, 0.6) is 0 Å². The lowest BCUT2D eigenvalue weighted by atomic mass is 9.72. The van der Waals surface area contributed by atoms with Crippen molar-refractivity contribution in [2.45, 2.75) is 38.6 Å². The fourth-order valence-electron chi connectivity index (χ4n) is 2.76. The molecule has 2 N–H and O–H groups in total. The summed E-state index contributed by atoms with van der Waals surface area (Å²) in [6.45, 7) is 8.02. The van der Waals surface area contributed by atoms with Crippen molar-refractivity contribution in [1.29, 1.82) is 0 Å². The van der Waals surface area contributed by atoms with Gasteiger partial charge in [0.1, 0.15) is 0 Å². The van der Waals surface area contributed by atoms with E-state index in [0.29, 0.717) is 0 Å². The Kier molecular flexibility index (Phi) is 3.04. The fourth-order valence-corrected chi connectivity index (χ4v) is 2.76. The molecule has 2 nitrogen and oxygen atoms in total. The van der Waals surface area contributed by atoms with Crippen LogP contribution in [0.2, 0.25) is 0 Å². The van der Waals surface area contributed by atoms with Gasteiger partial charge in [0.05, 0.1) is 13.2 Å². The van der Waals surface area contributed by atoms with Crippen molar-refractivity contribution in [3.05, 3.63) is 34.9 Å². The Morgan fingerprint density at radius 2 is 2.06 bits per heavy atom. The third-order valence-electron chi connectivity index (χ3n) is 3.42. The highest BCUT2D eigenvalue weighted by Gasteiger charge is 2.41. The lowest BCUT2D eigenvalue weighted by molar-refractivity contribution is -0.0668. The molecule has 88 valence electrons. The lowest BCUT2D eigenvalue weighted by Crippen LogP contribution is -2.50. The van der Waals surface area contributed by atoms with E-state index in [9.17, 15) is 0 Å². The zero-order chi connectivity index (χ0) is 11.8. The summed E-state index contributed by atoms with van der Waals surface area (Å²) in [7, 11) is 0. The normalized spacial score (nSPS) is 20.2. The molecule has 0 aliphatic carbocycles. The average Bonchev–Trinajstić information content (AvgIpc) is 2.12. The number of nitrogens with two attached hydrogens (primary N) is 1. The van der Waals surface area contributed by atoms with Crippen LogP contribution < -0.4 is 5.73 Å². The molecular formula is C14H21NO. The topological polar surface area (TPSA) is 35.2 Å². The number of aryl methyl sites for hydroxylation is 2. The van der Waals surface area contributed by atoms with Crippen LogP contribution in [0.3, 0.4) is 0 Å². The van der Waals surface area contributed by atoms with Crippen LogP contribution in [0, 0.1) is 13.8 Å². The van der Waals surface area contributed by atoms with Gasteiger partial charge < -0.3 is 10.5 Å². The zero-order valence-electron chi connectivity index (χ0n) is 10.4. The third-order valence-corrected chi connectivity index (χ3v) is 3.42. The molecule has 1 aliphatic rings. The van der Waals surface area contributed by atoms with Crippen molar-refractivity contribution in [3.8, 4) is 0 Å². The van der Waals surface area contributed by atoms with Gasteiger partial charge in [-0.05, 0) is 38.3 Å². The van der Waals surface area contributed by atoms with Crippen LogP contribution in [-0.4, -0.2) is 19.3 Å². The summed E-state index contributed by atoms with van der Waals surface area (Å²) in [6.07, 6.45) is 1.01. The van der Waals surface area contributed by atoms with Crippen LogP contribution >= 0.6 is 0 Å². The Bertz CT molecular complexity index is 380. The summed E-state index contributed by atoms with van der Waals surface area (Å²) >= 11 is 0. The van der Waals surface area contributed by atoms with Crippen molar-refractivity contribution in [3.63, 3.8) is 0 Å². The van der Waals surface area contributed by atoms with Crippen LogP contribution in [0.25, 0.3) is 0 Å². The average molecular weight is 219 g/mol. The lowest BCUT2D eigenvalue weighted by Gasteiger charge is -2.44. The van der Waals surface area contributed by atoms with Crippen LogP contribution in [0.4, 0.5) is 0 Å². The molecule has 0 bridgehead atoms. The minimum atomic E-state index is 0.173. The predicted molar refractivity (Wildman–Crippen MR) is 66.7 cm³/mol. The van der Waals surface area contributed by atoms with E-state index in [0.717, 1.165) is 19.6 Å². The van der Waals surface area contributed by atoms with Gasteiger partial charge in [0.15, 0.2) is 0 Å². The molecule has 1 atom stereocenters. The number of rotatable bonds is 3. The Hall–Kier alpha value is -0.860. The summed E-state index contributed by atoms with van der Waals surface area (Å²) in [4.78, 5) is 0. The van der Waals surface area contributed by atoms with E-state index in [1.165, 1.54) is 16.7 Å². The Morgan fingerprint density at radius 1 is 1.38 bits per heavy atom. The highest BCUT2D eigenvalue weighted by Crippen LogP contribution is 2.38. The van der Waals surface area contributed by atoms with E-state index >= 15 is 0 Å². The second-order valence-electron chi connectivity index (χ2n) is 5.27. The van der Waals surface area contributed by atoms with E-state index < -0.39 is 0 Å². The molecule has 1 fully saturated rings. The fraction of sp³-hybridized carbons (Fsp3) is 0.571. The predicted octanol–water partition coefficient (Wildman–Crippen LogP) is 2.31. The summed E-state index contributed by atoms with van der Waals surface area (Å²) in [5, 5.41) is 0. The molecule has 0 radical (unpaired) electrons. The van der Waals surface area contributed by atoms with Crippen LogP contribution in [0.15, 0.2) is 18.2 Å². The molecule has 1 unspecified atom stereocenters. The van der Waals surface area contributed by atoms with Crippen molar-refractivity contribution < 1.29 is 4.74 Å². The van der Waals surface area contributed by atoms with E-state index in [4.69, 9.17) is 10.5 Å². The van der Waals surface area contributed by atoms with Crippen molar-refractivity contribution in [1.82, 2.24) is 0 Å². The van der Waals surface area contributed by atoms with Gasteiger partial charge in [-0.3, -0.25) is 0 Å². The highest BCUT2D eigenvalue weighted by molar-refractivity contribution is 5.38. The standard InChI is InChI=1S/C14H21NO/c1-10-4-5-13(11(2)6-10)14(7-12(3)15)8-16-9-14/h4-6,12H,7-9,15H2,1-3H3. The molecule has 0 spiro atoms. The van der Waals surface area contributed by atoms with Crippen LogP contribution in [-0.2, 0) is 10.2 Å². The van der Waals surface area contributed by atoms with Gasteiger partial charge in [-0.15, -0.1) is 0 Å². The molecule has 1 aromatic carbocycles. The van der Waals surface area contributed by atoms with Crippen molar-refractivity contribution in [2.75, 3.05) is 13.2 Å². The number of hydrogen-bond donors (Lipinski definition) is 1. The van der Waals surface area contributed by atoms with Gasteiger partial charge in [-0.1, -0.05) is 23.8 Å². The Balaban J connectivity index is 2.33. The molecule has 1 aromatic rings. The first-order valence-electron chi connectivity index (χ1n) is 5.94. The Labute approximate surface area is 97.8 Å². The first-order valence-corrected chi connectivity index (χ1v) is 5.94. The minimum Gasteiger partial charge on any atom is -0.379 e. The second-order valence-corrected chi connectivity index (χ2v) is 5.27. The molecule has 1 saturated heterocycles. The van der Waals surface area contributed by atoms with Crippen molar-refractivity contribution >= 4 is 0 Å². The van der Waals surface area contributed by atoms with Gasteiger partial charge in [0.25, 0.3) is 0 Å². The number of ether oxygens (including phenoxy) is 1. The van der Waals surface area contributed by atoms with Gasteiger partial charge in [0.2, 0.25) is 0 Å². The number of benzene rings is 1. The molecule has 0 aromatic heterocycles. The molecular weight excluding hydrogens is 198 g/mol. The summed E-state index contributed by atoms with van der Waals surface area (Å²) in [6, 6.07) is 6.90. The van der Waals surface area contributed by atoms with Crippen molar-refractivity contribution in [2.24, 2.45) is 5.73 Å². The SMILES string of the molecule is Cc1ccc(C2(CC(C)N)COC2)c(C)c1. The number of hydrogen-bond acceptors (Lipinski definition) is 2. The van der Waals surface area contributed by atoms with E-state index in [-0.39, 0.29) is 11.5 Å².